The fourth-order valence-corrected chi connectivity index (χ4v) is 4.28. The molecule has 0 saturated carbocycles. The minimum atomic E-state index is -0.0523. The van der Waals surface area contributed by atoms with Crippen LogP contribution >= 0.6 is 34.7 Å². The minimum absolute atomic E-state index is 0.0523. The van der Waals surface area contributed by atoms with Crippen LogP contribution in [0.2, 0.25) is 5.02 Å². The normalized spacial score (nSPS) is 10.6. The van der Waals surface area contributed by atoms with Crippen LogP contribution in [0.5, 0.6) is 0 Å². The van der Waals surface area contributed by atoms with Crippen molar-refractivity contribution in [2.24, 2.45) is 0 Å². The second-order valence-electron chi connectivity index (χ2n) is 5.81. The molecule has 0 unspecified atom stereocenters. The summed E-state index contributed by atoms with van der Waals surface area (Å²) in [5.41, 5.74) is 3.96. The van der Waals surface area contributed by atoms with Crippen LogP contribution in [0.4, 0.5) is 16.5 Å². The zero-order valence-corrected chi connectivity index (χ0v) is 17.3. The molecular formula is C19H19ClN4OS2. The van der Waals surface area contributed by atoms with Gasteiger partial charge < -0.3 is 10.6 Å². The quantitative estimate of drug-likeness (QED) is 0.493. The number of nitrogens with one attached hydrogen (secondary N) is 2. The summed E-state index contributed by atoms with van der Waals surface area (Å²) in [5, 5.41) is 15.7. The van der Waals surface area contributed by atoms with Crippen LogP contribution in [0.25, 0.3) is 0 Å². The van der Waals surface area contributed by atoms with Gasteiger partial charge in [-0.25, -0.2) is 0 Å². The lowest BCUT2D eigenvalue weighted by atomic mass is 10.1. The Bertz CT molecular complexity index is 945. The van der Waals surface area contributed by atoms with E-state index in [1.807, 2.05) is 49.4 Å². The largest absolute Gasteiger partial charge is 0.330 e. The molecule has 1 amide bonds. The van der Waals surface area contributed by atoms with Gasteiger partial charge in [0.1, 0.15) is 0 Å². The summed E-state index contributed by atoms with van der Waals surface area (Å²) in [6.45, 7) is 4.08. The molecule has 0 saturated heterocycles. The van der Waals surface area contributed by atoms with Gasteiger partial charge in [0.15, 0.2) is 4.34 Å². The summed E-state index contributed by atoms with van der Waals surface area (Å²) in [5.74, 6) is 0.229. The first-order chi connectivity index (χ1) is 13.0. The highest BCUT2D eigenvalue weighted by Gasteiger charge is 2.11. The van der Waals surface area contributed by atoms with E-state index in [1.54, 1.807) is 0 Å². The molecular weight excluding hydrogens is 400 g/mol. The number of nitrogens with zero attached hydrogens (tertiary/aromatic N) is 2. The Balaban J connectivity index is 1.56. The second kappa shape index (κ2) is 9.21. The van der Waals surface area contributed by atoms with Gasteiger partial charge >= 0.3 is 0 Å². The Morgan fingerprint density at radius 2 is 2.04 bits per heavy atom. The van der Waals surface area contributed by atoms with Gasteiger partial charge in [0.2, 0.25) is 11.0 Å². The van der Waals surface area contributed by atoms with Crippen molar-refractivity contribution in [3.8, 4) is 0 Å². The van der Waals surface area contributed by atoms with Crippen molar-refractivity contribution in [1.29, 1.82) is 0 Å². The second-order valence-corrected chi connectivity index (χ2v) is 8.44. The zero-order valence-electron chi connectivity index (χ0n) is 15.0. The third-order valence-electron chi connectivity index (χ3n) is 3.81. The molecule has 27 heavy (non-hydrogen) atoms. The molecule has 8 heteroatoms. The van der Waals surface area contributed by atoms with Gasteiger partial charge in [0.25, 0.3) is 0 Å². The van der Waals surface area contributed by atoms with E-state index in [-0.39, 0.29) is 11.7 Å². The maximum absolute atomic E-state index is 12.3. The standard InChI is InChI=1S/C19H19ClN4OS2/c1-3-13-7-4-6-12(2)17(13)22-16(25)11-26-19-24-23-18(27-19)21-15-9-5-8-14(20)10-15/h4-10H,3,11H2,1-2H3,(H,21,23)(H,22,25). The third kappa shape index (κ3) is 5.45. The first-order valence-electron chi connectivity index (χ1n) is 8.42. The Kier molecular flexibility index (Phi) is 6.71. The predicted molar refractivity (Wildman–Crippen MR) is 115 cm³/mol. The SMILES string of the molecule is CCc1cccc(C)c1NC(=O)CSc1nnc(Nc2cccc(Cl)c2)s1. The van der Waals surface area contributed by atoms with Gasteiger partial charge in [-0.2, -0.15) is 0 Å². The molecule has 0 spiro atoms. The summed E-state index contributed by atoms with van der Waals surface area (Å²) < 4.78 is 0.732. The van der Waals surface area contributed by atoms with Crippen LogP contribution in [0.3, 0.4) is 0 Å². The summed E-state index contributed by atoms with van der Waals surface area (Å²) in [7, 11) is 0. The van der Waals surface area contributed by atoms with Crippen molar-refractivity contribution in [1.82, 2.24) is 10.2 Å². The predicted octanol–water partition coefficient (Wildman–Crippen LogP) is 5.54. The Morgan fingerprint density at radius 3 is 2.81 bits per heavy atom. The first kappa shape index (κ1) is 19.7. The number of hydrogen-bond donors (Lipinski definition) is 2. The van der Waals surface area contributed by atoms with Gasteiger partial charge in [0, 0.05) is 16.4 Å². The molecule has 3 aromatic rings. The van der Waals surface area contributed by atoms with E-state index in [0.717, 1.165) is 33.3 Å². The summed E-state index contributed by atoms with van der Waals surface area (Å²) in [4.78, 5) is 12.3. The lowest BCUT2D eigenvalue weighted by molar-refractivity contribution is -0.113. The van der Waals surface area contributed by atoms with Gasteiger partial charge in [-0.15, -0.1) is 10.2 Å². The highest BCUT2D eigenvalue weighted by atomic mass is 35.5. The van der Waals surface area contributed by atoms with Crippen LogP contribution < -0.4 is 10.6 Å². The molecule has 0 radical (unpaired) electrons. The molecule has 0 aliphatic carbocycles. The fourth-order valence-electron chi connectivity index (χ4n) is 2.51. The highest BCUT2D eigenvalue weighted by molar-refractivity contribution is 8.01. The number of halogens is 1. The fraction of sp³-hybridized carbons (Fsp3) is 0.211. The van der Waals surface area contributed by atoms with E-state index in [1.165, 1.54) is 23.1 Å². The smallest absolute Gasteiger partial charge is 0.234 e. The van der Waals surface area contributed by atoms with Crippen LogP contribution in [0, 0.1) is 6.92 Å². The molecule has 0 fully saturated rings. The van der Waals surface area contributed by atoms with Gasteiger partial charge in [-0.1, -0.05) is 65.9 Å². The molecule has 1 aromatic heterocycles. The molecule has 0 bridgehead atoms. The molecule has 3 rings (SSSR count). The highest BCUT2D eigenvalue weighted by Crippen LogP contribution is 2.29. The lowest BCUT2D eigenvalue weighted by Crippen LogP contribution is -2.16. The van der Waals surface area contributed by atoms with E-state index in [4.69, 9.17) is 11.6 Å². The van der Waals surface area contributed by atoms with Crippen molar-refractivity contribution >= 4 is 57.1 Å². The molecule has 2 N–H and O–H groups in total. The average Bonchev–Trinajstić information content (AvgIpc) is 3.09. The van der Waals surface area contributed by atoms with Gasteiger partial charge in [0.05, 0.1) is 5.75 Å². The van der Waals surface area contributed by atoms with E-state index in [2.05, 4.69) is 27.8 Å². The maximum atomic E-state index is 12.3. The van der Waals surface area contributed by atoms with E-state index in [0.29, 0.717) is 10.2 Å². The minimum Gasteiger partial charge on any atom is -0.330 e. The number of rotatable bonds is 7. The molecule has 0 atom stereocenters. The number of aromatic nitrogens is 2. The van der Waals surface area contributed by atoms with Gasteiger partial charge in [-0.05, 0) is 42.7 Å². The van der Waals surface area contributed by atoms with Crippen molar-refractivity contribution in [2.75, 3.05) is 16.4 Å². The number of anilines is 3. The first-order valence-corrected chi connectivity index (χ1v) is 10.6. The average molecular weight is 419 g/mol. The molecule has 0 aliphatic rings. The van der Waals surface area contributed by atoms with Crippen LogP contribution in [0.15, 0.2) is 46.8 Å². The Hall–Kier alpha value is -2.09. The van der Waals surface area contributed by atoms with Crippen molar-refractivity contribution < 1.29 is 4.79 Å². The van der Waals surface area contributed by atoms with Crippen LogP contribution in [-0.2, 0) is 11.2 Å². The number of amides is 1. The number of benzene rings is 2. The Morgan fingerprint density at radius 1 is 1.22 bits per heavy atom. The van der Waals surface area contributed by atoms with Gasteiger partial charge in [-0.3, -0.25) is 4.79 Å². The number of carbonyl (C=O) groups excluding carboxylic acids is 1. The monoisotopic (exact) mass is 418 g/mol. The van der Waals surface area contributed by atoms with Crippen molar-refractivity contribution in [2.45, 2.75) is 24.6 Å². The molecule has 140 valence electrons. The van der Waals surface area contributed by atoms with Crippen molar-refractivity contribution in [3.63, 3.8) is 0 Å². The zero-order chi connectivity index (χ0) is 19.2. The molecule has 2 aromatic carbocycles. The number of aryl methyl sites for hydroxylation is 2. The van der Waals surface area contributed by atoms with Crippen LogP contribution in [-0.4, -0.2) is 21.9 Å². The lowest BCUT2D eigenvalue weighted by Gasteiger charge is -2.12. The van der Waals surface area contributed by atoms with Crippen LogP contribution in [0.1, 0.15) is 18.1 Å². The van der Waals surface area contributed by atoms with E-state index >= 15 is 0 Å². The number of carbonyl (C=O) groups is 1. The molecule has 5 nitrogen and oxygen atoms in total. The van der Waals surface area contributed by atoms with E-state index < -0.39 is 0 Å². The molecule has 1 heterocycles. The van der Waals surface area contributed by atoms with E-state index in [9.17, 15) is 4.79 Å². The van der Waals surface area contributed by atoms with Crippen molar-refractivity contribution in [3.05, 3.63) is 58.6 Å². The summed E-state index contributed by atoms with van der Waals surface area (Å²) in [6, 6.07) is 13.4. The summed E-state index contributed by atoms with van der Waals surface area (Å²) >= 11 is 8.75. The summed E-state index contributed by atoms with van der Waals surface area (Å²) in [6.07, 6.45) is 0.874. The third-order valence-corrected chi connectivity index (χ3v) is 6.02. The molecule has 0 aliphatic heterocycles. The topological polar surface area (TPSA) is 66.9 Å². The Labute approximate surface area is 171 Å². The number of thioether (sulfide) groups is 1. The number of hydrogen-bond acceptors (Lipinski definition) is 6. The number of para-hydroxylation sites is 1. The maximum Gasteiger partial charge on any atom is 0.234 e.